The fourth-order valence-electron chi connectivity index (χ4n) is 1.10. The van der Waals surface area contributed by atoms with Gasteiger partial charge in [-0.1, -0.05) is 0 Å². The summed E-state index contributed by atoms with van der Waals surface area (Å²) in [5.74, 6) is -2.24. The molecule has 1 rings (SSSR count). The van der Waals surface area contributed by atoms with Crippen molar-refractivity contribution in [3.8, 4) is 0 Å². The van der Waals surface area contributed by atoms with Crippen molar-refractivity contribution in [2.75, 3.05) is 0 Å². The SMILES string of the molecule is CC(N)(N)NC(=O)c1ccc(C(N)=O)cc1. The molecule has 16 heavy (non-hydrogen) atoms. The Morgan fingerprint density at radius 3 is 1.94 bits per heavy atom. The number of nitrogens with one attached hydrogen (secondary N) is 1. The highest BCUT2D eigenvalue weighted by atomic mass is 16.2. The molecular formula is C10H14N4O2. The smallest absolute Gasteiger partial charge is 0.253 e. The van der Waals surface area contributed by atoms with Crippen LogP contribution in [0.3, 0.4) is 0 Å². The van der Waals surface area contributed by atoms with Gasteiger partial charge in [0.15, 0.2) is 0 Å². The molecule has 2 amide bonds. The molecule has 0 radical (unpaired) electrons. The molecule has 0 aliphatic heterocycles. The van der Waals surface area contributed by atoms with Crippen molar-refractivity contribution in [1.29, 1.82) is 0 Å². The van der Waals surface area contributed by atoms with Gasteiger partial charge >= 0.3 is 0 Å². The van der Waals surface area contributed by atoms with E-state index in [1.54, 1.807) is 0 Å². The van der Waals surface area contributed by atoms with Crippen LogP contribution in [-0.2, 0) is 0 Å². The number of benzene rings is 1. The van der Waals surface area contributed by atoms with Crippen LogP contribution >= 0.6 is 0 Å². The number of carbonyl (C=O) groups excluding carboxylic acids is 2. The molecule has 0 bridgehead atoms. The number of nitrogens with two attached hydrogens (primary N) is 3. The van der Waals surface area contributed by atoms with E-state index >= 15 is 0 Å². The summed E-state index contributed by atoms with van der Waals surface area (Å²) >= 11 is 0. The van der Waals surface area contributed by atoms with E-state index in [2.05, 4.69) is 5.32 Å². The Hall–Kier alpha value is -1.92. The van der Waals surface area contributed by atoms with Gasteiger partial charge in [0.1, 0.15) is 5.79 Å². The summed E-state index contributed by atoms with van der Waals surface area (Å²) in [4.78, 5) is 22.3. The van der Waals surface area contributed by atoms with Crippen LogP contribution in [0.5, 0.6) is 0 Å². The summed E-state index contributed by atoms with van der Waals surface area (Å²) in [7, 11) is 0. The third-order valence-corrected chi connectivity index (χ3v) is 1.81. The third kappa shape index (κ3) is 3.34. The molecule has 1 aromatic rings. The second-order valence-electron chi connectivity index (χ2n) is 3.68. The molecule has 7 N–H and O–H groups in total. The third-order valence-electron chi connectivity index (χ3n) is 1.81. The maximum atomic E-state index is 11.6. The van der Waals surface area contributed by atoms with Crippen LogP contribution in [-0.4, -0.2) is 17.6 Å². The van der Waals surface area contributed by atoms with Crippen LogP contribution in [0.25, 0.3) is 0 Å². The normalized spacial score (nSPS) is 10.9. The Balaban J connectivity index is 2.82. The molecule has 6 heteroatoms. The lowest BCUT2D eigenvalue weighted by atomic mass is 10.1. The number of amides is 2. The zero-order valence-corrected chi connectivity index (χ0v) is 8.86. The van der Waals surface area contributed by atoms with Crippen molar-refractivity contribution < 1.29 is 9.59 Å². The van der Waals surface area contributed by atoms with Gasteiger partial charge < -0.3 is 11.1 Å². The van der Waals surface area contributed by atoms with E-state index in [9.17, 15) is 9.59 Å². The van der Waals surface area contributed by atoms with Crippen LogP contribution in [0.15, 0.2) is 24.3 Å². The van der Waals surface area contributed by atoms with Crippen molar-refractivity contribution in [2.45, 2.75) is 12.7 Å². The lowest BCUT2D eigenvalue weighted by Crippen LogP contribution is -2.60. The van der Waals surface area contributed by atoms with E-state index in [1.807, 2.05) is 0 Å². The van der Waals surface area contributed by atoms with Crippen LogP contribution in [0.1, 0.15) is 27.6 Å². The lowest BCUT2D eigenvalue weighted by Gasteiger charge is -2.20. The first-order valence-corrected chi connectivity index (χ1v) is 4.60. The monoisotopic (exact) mass is 222 g/mol. The van der Waals surface area contributed by atoms with Crippen LogP contribution < -0.4 is 22.5 Å². The number of primary amides is 1. The Kier molecular flexibility index (Phi) is 3.26. The molecule has 0 atom stereocenters. The zero-order valence-electron chi connectivity index (χ0n) is 8.86. The van der Waals surface area contributed by atoms with Gasteiger partial charge in [-0.2, -0.15) is 0 Å². The summed E-state index contributed by atoms with van der Waals surface area (Å²) < 4.78 is 0. The maximum absolute atomic E-state index is 11.6. The number of hydrogen-bond acceptors (Lipinski definition) is 4. The first-order chi connectivity index (χ1) is 7.29. The fraction of sp³-hybridized carbons (Fsp3) is 0.200. The summed E-state index contributed by atoms with van der Waals surface area (Å²) in [5, 5.41) is 2.38. The minimum absolute atomic E-state index is 0.333. The number of carbonyl (C=O) groups is 2. The van der Waals surface area contributed by atoms with Gasteiger partial charge in [0.05, 0.1) is 0 Å². The molecule has 1 aromatic carbocycles. The lowest BCUT2D eigenvalue weighted by molar-refractivity contribution is 0.0909. The fourth-order valence-corrected chi connectivity index (χ4v) is 1.10. The second kappa shape index (κ2) is 4.30. The molecule has 0 saturated heterocycles. The molecule has 0 aliphatic rings. The average molecular weight is 222 g/mol. The summed E-state index contributed by atoms with van der Waals surface area (Å²) in [5.41, 5.74) is 16.6. The quantitative estimate of drug-likeness (QED) is 0.495. The molecule has 0 fully saturated rings. The molecular weight excluding hydrogens is 208 g/mol. The Labute approximate surface area is 92.8 Å². The highest BCUT2D eigenvalue weighted by Crippen LogP contribution is 2.04. The topological polar surface area (TPSA) is 124 Å². The van der Waals surface area contributed by atoms with Crippen molar-refractivity contribution in [2.24, 2.45) is 17.2 Å². The summed E-state index contributed by atoms with van der Waals surface area (Å²) in [6.07, 6.45) is 0. The minimum atomic E-state index is -1.28. The molecule has 0 spiro atoms. The van der Waals surface area contributed by atoms with Crippen LogP contribution in [0.2, 0.25) is 0 Å². The number of rotatable bonds is 3. The van der Waals surface area contributed by atoms with Crippen molar-refractivity contribution in [3.05, 3.63) is 35.4 Å². The minimum Gasteiger partial charge on any atom is -0.366 e. The molecule has 0 saturated carbocycles. The molecule has 0 unspecified atom stereocenters. The standard InChI is InChI=1S/C10H14N4O2/c1-10(12,13)14-9(16)7-4-2-6(3-5-7)8(11)15/h2-5H,12-13H2,1H3,(H2,11,15)(H,14,16). The van der Waals surface area contributed by atoms with E-state index in [0.717, 1.165) is 0 Å². The highest BCUT2D eigenvalue weighted by molar-refractivity contribution is 5.97. The van der Waals surface area contributed by atoms with E-state index in [1.165, 1.54) is 31.2 Å². The van der Waals surface area contributed by atoms with Gasteiger partial charge in [-0.05, 0) is 31.2 Å². The van der Waals surface area contributed by atoms with Gasteiger partial charge in [0.2, 0.25) is 5.91 Å². The van der Waals surface area contributed by atoms with Gasteiger partial charge in [-0.15, -0.1) is 0 Å². The number of hydrogen-bond donors (Lipinski definition) is 4. The Morgan fingerprint density at radius 2 is 1.56 bits per heavy atom. The van der Waals surface area contributed by atoms with E-state index in [4.69, 9.17) is 17.2 Å². The van der Waals surface area contributed by atoms with E-state index in [0.29, 0.717) is 11.1 Å². The second-order valence-corrected chi connectivity index (χ2v) is 3.68. The maximum Gasteiger partial charge on any atom is 0.253 e. The van der Waals surface area contributed by atoms with Crippen molar-refractivity contribution in [3.63, 3.8) is 0 Å². The van der Waals surface area contributed by atoms with Crippen molar-refractivity contribution in [1.82, 2.24) is 5.32 Å². The van der Waals surface area contributed by atoms with Gasteiger partial charge in [0.25, 0.3) is 5.91 Å². The van der Waals surface area contributed by atoms with Crippen LogP contribution in [0, 0.1) is 0 Å². The zero-order chi connectivity index (χ0) is 12.3. The molecule has 0 heterocycles. The van der Waals surface area contributed by atoms with Crippen molar-refractivity contribution >= 4 is 11.8 Å². The highest BCUT2D eigenvalue weighted by Gasteiger charge is 2.15. The van der Waals surface area contributed by atoms with E-state index < -0.39 is 17.6 Å². The molecule has 6 nitrogen and oxygen atoms in total. The van der Waals surface area contributed by atoms with Crippen LogP contribution in [0.4, 0.5) is 0 Å². The van der Waals surface area contributed by atoms with Gasteiger partial charge in [-0.25, -0.2) is 0 Å². The predicted octanol–water partition coefficient (Wildman–Crippen LogP) is -0.894. The largest absolute Gasteiger partial charge is 0.366 e. The Morgan fingerprint density at radius 1 is 1.12 bits per heavy atom. The molecule has 86 valence electrons. The van der Waals surface area contributed by atoms with Gasteiger partial charge in [0, 0.05) is 11.1 Å². The first kappa shape index (κ1) is 12.2. The predicted molar refractivity (Wildman–Crippen MR) is 59.2 cm³/mol. The summed E-state index contributed by atoms with van der Waals surface area (Å²) in [6.45, 7) is 1.46. The average Bonchev–Trinajstić information content (AvgIpc) is 2.15. The first-order valence-electron chi connectivity index (χ1n) is 4.60. The van der Waals surface area contributed by atoms with E-state index in [-0.39, 0.29) is 0 Å². The molecule has 0 aliphatic carbocycles. The summed E-state index contributed by atoms with van der Waals surface area (Å²) in [6, 6.07) is 5.87. The van der Waals surface area contributed by atoms with Gasteiger partial charge in [-0.3, -0.25) is 21.1 Å². The Bertz CT molecular complexity index is 406. The molecule has 0 aromatic heterocycles.